The molecule has 0 radical (unpaired) electrons. The zero-order chi connectivity index (χ0) is 15.4. The summed E-state index contributed by atoms with van der Waals surface area (Å²) in [6, 6.07) is 10.9. The average Bonchev–Trinajstić information content (AvgIpc) is 2.83. The van der Waals surface area contributed by atoms with Gasteiger partial charge in [-0.05, 0) is 36.6 Å². The van der Waals surface area contributed by atoms with Gasteiger partial charge in [0.1, 0.15) is 6.17 Å². The average molecular weight is 291 g/mol. The van der Waals surface area contributed by atoms with Gasteiger partial charge in [-0.3, -0.25) is 4.98 Å². The van der Waals surface area contributed by atoms with Gasteiger partial charge in [0.25, 0.3) is 0 Å². The molecule has 2 aliphatic heterocycles. The Morgan fingerprint density at radius 3 is 2.73 bits per heavy atom. The minimum absolute atomic E-state index is 0.324. The lowest BCUT2D eigenvalue weighted by Gasteiger charge is -2.36. The van der Waals surface area contributed by atoms with Gasteiger partial charge < -0.3 is 9.80 Å². The van der Waals surface area contributed by atoms with Crippen molar-refractivity contribution in [1.82, 2.24) is 9.88 Å². The predicted octanol–water partition coefficient (Wildman–Crippen LogP) is 4.28. The first kappa shape index (κ1) is 13.4. The van der Waals surface area contributed by atoms with E-state index >= 15 is 0 Å². The summed E-state index contributed by atoms with van der Waals surface area (Å²) in [5, 5.41) is 0. The van der Waals surface area contributed by atoms with Crippen molar-refractivity contribution in [3.63, 3.8) is 0 Å². The largest absolute Gasteiger partial charge is 0.358 e. The normalized spacial score (nSPS) is 19.0. The quantitative estimate of drug-likeness (QED) is 0.781. The van der Waals surface area contributed by atoms with Crippen LogP contribution in [0.3, 0.4) is 0 Å². The van der Waals surface area contributed by atoms with Crippen LogP contribution in [0.5, 0.6) is 0 Å². The number of hydrogen-bond acceptors (Lipinski definition) is 3. The van der Waals surface area contributed by atoms with Crippen molar-refractivity contribution in [3.8, 4) is 11.3 Å². The number of nitrogens with zero attached hydrogens (tertiary/aromatic N) is 3. The molecule has 1 atom stereocenters. The molecule has 22 heavy (non-hydrogen) atoms. The summed E-state index contributed by atoms with van der Waals surface area (Å²) in [5.41, 5.74) is 7.56. The summed E-state index contributed by atoms with van der Waals surface area (Å²) < 4.78 is 0. The van der Waals surface area contributed by atoms with Crippen LogP contribution in [0, 0.1) is 0 Å². The van der Waals surface area contributed by atoms with Crippen LogP contribution in [0.1, 0.15) is 37.8 Å². The molecule has 3 heteroatoms. The van der Waals surface area contributed by atoms with E-state index in [1.807, 2.05) is 12.3 Å². The van der Waals surface area contributed by atoms with E-state index in [1.165, 1.54) is 28.1 Å². The standard InChI is InChI=1S/C19H21N3/c1-12(2)14-7-5-9-16-18(14)19-15(8-6-10-20-19)17-11-21(4)13(3)22(16)17/h5-13H,1-4H3/t13-/m0/s1. The summed E-state index contributed by atoms with van der Waals surface area (Å²) in [4.78, 5) is 9.43. The van der Waals surface area contributed by atoms with Crippen molar-refractivity contribution in [2.24, 2.45) is 0 Å². The molecule has 0 unspecified atom stereocenters. The van der Waals surface area contributed by atoms with Gasteiger partial charge >= 0.3 is 0 Å². The minimum atomic E-state index is 0.324. The third-order valence-electron chi connectivity index (χ3n) is 4.83. The van der Waals surface area contributed by atoms with E-state index in [4.69, 9.17) is 4.98 Å². The summed E-state index contributed by atoms with van der Waals surface area (Å²) in [7, 11) is 2.14. The number of hydrogen-bond donors (Lipinski definition) is 0. The molecule has 3 nitrogen and oxygen atoms in total. The highest BCUT2D eigenvalue weighted by Crippen LogP contribution is 2.49. The molecule has 0 aliphatic carbocycles. The van der Waals surface area contributed by atoms with Crippen molar-refractivity contribution in [2.45, 2.75) is 32.9 Å². The Morgan fingerprint density at radius 2 is 1.95 bits per heavy atom. The maximum absolute atomic E-state index is 4.73. The molecule has 2 aliphatic rings. The molecule has 1 aromatic heterocycles. The highest BCUT2D eigenvalue weighted by Gasteiger charge is 2.36. The lowest BCUT2D eigenvalue weighted by atomic mass is 9.88. The fourth-order valence-electron chi connectivity index (χ4n) is 3.59. The molecule has 0 saturated carbocycles. The molecule has 2 aromatic rings. The number of benzene rings is 1. The molecule has 0 saturated heterocycles. The van der Waals surface area contributed by atoms with Crippen molar-refractivity contribution in [3.05, 3.63) is 53.9 Å². The lowest BCUT2D eigenvalue weighted by molar-refractivity contribution is 0.383. The highest BCUT2D eigenvalue weighted by molar-refractivity contribution is 5.99. The van der Waals surface area contributed by atoms with E-state index in [1.54, 1.807) is 0 Å². The van der Waals surface area contributed by atoms with Gasteiger partial charge in [-0.2, -0.15) is 0 Å². The van der Waals surface area contributed by atoms with Crippen LogP contribution < -0.4 is 4.90 Å². The molecule has 0 bridgehead atoms. The smallest absolute Gasteiger partial charge is 0.103 e. The van der Waals surface area contributed by atoms with E-state index in [-0.39, 0.29) is 0 Å². The van der Waals surface area contributed by atoms with Crippen LogP contribution in [0.25, 0.3) is 17.0 Å². The van der Waals surface area contributed by atoms with E-state index in [0.29, 0.717) is 12.1 Å². The molecule has 0 fully saturated rings. The fraction of sp³-hybridized carbons (Fsp3) is 0.316. The summed E-state index contributed by atoms with van der Waals surface area (Å²) in [5.74, 6) is 0.478. The van der Waals surface area contributed by atoms with Gasteiger partial charge in [-0.1, -0.05) is 26.0 Å². The Balaban J connectivity index is 2.08. The number of aromatic nitrogens is 1. The Bertz CT molecular complexity index is 776. The van der Waals surface area contributed by atoms with Crippen molar-refractivity contribution in [1.29, 1.82) is 0 Å². The Morgan fingerprint density at radius 1 is 1.14 bits per heavy atom. The molecule has 1 aromatic carbocycles. The Kier molecular flexibility index (Phi) is 2.80. The predicted molar refractivity (Wildman–Crippen MR) is 91.4 cm³/mol. The second-order valence-electron chi connectivity index (χ2n) is 6.48. The van der Waals surface area contributed by atoms with Crippen molar-refractivity contribution >= 4 is 11.4 Å². The van der Waals surface area contributed by atoms with Gasteiger partial charge in [0.05, 0.1) is 17.1 Å². The van der Waals surface area contributed by atoms with Crippen LogP contribution >= 0.6 is 0 Å². The number of rotatable bonds is 1. The first-order valence-corrected chi connectivity index (χ1v) is 7.91. The fourth-order valence-corrected chi connectivity index (χ4v) is 3.59. The summed E-state index contributed by atoms with van der Waals surface area (Å²) in [6.07, 6.45) is 4.46. The maximum atomic E-state index is 4.73. The van der Waals surface area contributed by atoms with Crippen LogP contribution in [0.15, 0.2) is 42.7 Å². The monoisotopic (exact) mass is 291 g/mol. The second kappa shape index (κ2) is 4.60. The van der Waals surface area contributed by atoms with Crippen LogP contribution in [0.2, 0.25) is 0 Å². The van der Waals surface area contributed by atoms with E-state index in [9.17, 15) is 0 Å². The van der Waals surface area contributed by atoms with Gasteiger partial charge in [0, 0.05) is 30.6 Å². The minimum Gasteiger partial charge on any atom is -0.358 e. The highest BCUT2D eigenvalue weighted by atomic mass is 15.4. The van der Waals surface area contributed by atoms with E-state index in [0.717, 1.165) is 5.69 Å². The number of fused-ring (bicyclic) bond motifs is 6. The van der Waals surface area contributed by atoms with Gasteiger partial charge in [0.2, 0.25) is 0 Å². The zero-order valence-corrected chi connectivity index (χ0v) is 13.5. The van der Waals surface area contributed by atoms with Crippen molar-refractivity contribution < 1.29 is 0 Å². The molecule has 0 amide bonds. The maximum Gasteiger partial charge on any atom is 0.103 e. The molecular weight excluding hydrogens is 270 g/mol. The molecule has 112 valence electrons. The van der Waals surface area contributed by atoms with E-state index in [2.05, 4.69) is 68.1 Å². The van der Waals surface area contributed by atoms with Crippen LogP contribution in [0.4, 0.5) is 5.69 Å². The SMILES string of the molecule is CC(C)c1cccc2c1-c1ncccc1C1=CN(C)[C@H](C)N12. The molecular formula is C19H21N3. The third-order valence-corrected chi connectivity index (χ3v) is 4.83. The zero-order valence-electron chi connectivity index (χ0n) is 13.5. The topological polar surface area (TPSA) is 19.4 Å². The van der Waals surface area contributed by atoms with Gasteiger partial charge in [0.15, 0.2) is 0 Å². The Hall–Kier alpha value is -2.29. The molecule has 4 rings (SSSR count). The van der Waals surface area contributed by atoms with Crippen LogP contribution in [-0.2, 0) is 0 Å². The summed E-state index contributed by atoms with van der Waals surface area (Å²) in [6.45, 7) is 6.75. The van der Waals surface area contributed by atoms with Crippen LogP contribution in [-0.4, -0.2) is 23.1 Å². The van der Waals surface area contributed by atoms with E-state index < -0.39 is 0 Å². The molecule has 3 heterocycles. The first-order chi connectivity index (χ1) is 10.6. The molecule has 0 N–H and O–H groups in total. The Labute approximate surface area is 131 Å². The first-order valence-electron chi connectivity index (χ1n) is 7.91. The molecule has 0 spiro atoms. The van der Waals surface area contributed by atoms with Gasteiger partial charge in [-0.25, -0.2) is 0 Å². The third kappa shape index (κ3) is 1.65. The second-order valence-corrected chi connectivity index (χ2v) is 6.48. The number of pyridine rings is 1. The number of anilines is 1. The summed E-state index contributed by atoms with van der Waals surface area (Å²) >= 11 is 0. The lowest BCUT2D eigenvalue weighted by Crippen LogP contribution is -2.36. The van der Waals surface area contributed by atoms with Gasteiger partial charge in [-0.15, -0.1) is 0 Å². The van der Waals surface area contributed by atoms with Crippen molar-refractivity contribution in [2.75, 3.05) is 11.9 Å².